The molecule has 0 bridgehead atoms. The van der Waals surface area contributed by atoms with Gasteiger partial charge >= 0.3 is 11.9 Å². The zero-order valence-corrected chi connectivity index (χ0v) is 11.4. The van der Waals surface area contributed by atoms with E-state index in [1.165, 1.54) is 0 Å². The summed E-state index contributed by atoms with van der Waals surface area (Å²) in [4.78, 5) is 22.6. The second-order valence-electron chi connectivity index (χ2n) is 4.37. The van der Waals surface area contributed by atoms with Crippen LogP contribution in [0, 0.1) is 5.41 Å². The quantitative estimate of drug-likeness (QED) is 0.379. The van der Waals surface area contributed by atoms with E-state index in [2.05, 4.69) is 13.2 Å². The van der Waals surface area contributed by atoms with Crippen LogP contribution in [0.5, 0.6) is 0 Å². The minimum atomic E-state index is -0.918. The molecule has 0 aromatic rings. The summed E-state index contributed by atoms with van der Waals surface area (Å²) in [6, 6.07) is 0. The Morgan fingerprint density at radius 2 is 1.61 bits per heavy atom. The second kappa shape index (κ2) is 7.69. The van der Waals surface area contributed by atoms with Gasteiger partial charge in [0.2, 0.25) is 0 Å². The molecule has 4 nitrogen and oxygen atoms in total. The van der Waals surface area contributed by atoms with E-state index < -0.39 is 23.6 Å². The molecular weight excluding hydrogens is 232 g/mol. The molecule has 0 aromatic carbocycles. The molecule has 0 amide bonds. The summed E-state index contributed by atoms with van der Waals surface area (Å²) in [7, 11) is 0. The third kappa shape index (κ3) is 4.73. The summed E-state index contributed by atoms with van der Waals surface area (Å²) in [6.07, 6.45) is 3.59. The molecule has 0 aromatic heterocycles. The number of hydrogen-bond acceptors (Lipinski definition) is 4. The van der Waals surface area contributed by atoms with Gasteiger partial charge < -0.3 is 9.47 Å². The lowest BCUT2D eigenvalue weighted by atomic mass is 9.82. The van der Waals surface area contributed by atoms with Crippen LogP contribution in [0.1, 0.15) is 40.0 Å². The zero-order chi connectivity index (χ0) is 14.2. The van der Waals surface area contributed by atoms with Gasteiger partial charge in [0.25, 0.3) is 6.29 Å². The fourth-order valence-corrected chi connectivity index (χ4v) is 1.65. The summed E-state index contributed by atoms with van der Waals surface area (Å²) in [5.41, 5.74) is -0.411. The van der Waals surface area contributed by atoms with Gasteiger partial charge in [0, 0.05) is 17.6 Å². The van der Waals surface area contributed by atoms with Crippen LogP contribution < -0.4 is 0 Å². The molecule has 0 aliphatic heterocycles. The standard InChI is InChI=1S/C14H22O4/c1-6-10-14(5,9-4)13(17-11(15)7-2)18-12(16)8-3/h7-8,13H,2-3,6,9-10H2,1,4-5H3. The molecule has 0 rings (SSSR count). The first-order valence-corrected chi connectivity index (χ1v) is 6.09. The predicted molar refractivity (Wildman–Crippen MR) is 69.7 cm³/mol. The molecule has 0 saturated heterocycles. The van der Waals surface area contributed by atoms with Crippen molar-refractivity contribution >= 4 is 11.9 Å². The zero-order valence-electron chi connectivity index (χ0n) is 11.4. The predicted octanol–water partition coefficient (Wildman–Crippen LogP) is 2.99. The van der Waals surface area contributed by atoms with Crippen molar-refractivity contribution in [3.8, 4) is 0 Å². The molecule has 4 heteroatoms. The normalized spacial score (nSPS) is 13.6. The first-order valence-electron chi connectivity index (χ1n) is 6.09. The van der Waals surface area contributed by atoms with Gasteiger partial charge in [-0.1, -0.05) is 40.3 Å². The van der Waals surface area contributed by atoms with Gasteiger partial charge in [-0.05, 0) is 12.8 Å². The Kier molecular flexibility index (Phi) is 7.01. The molecule has 102 valence electrons. The van der Waals surface area contributed by atoms with Crippen LogP contribution in [0.2, 0.25) is 0 Å². The van der Waals surface area contributed by atoms with Gasteiger partial charge in [-0.2, -0.15) is 0 Å². The van der Waals surface area contributed by atoms with Gasteiger partial charge in [0.05, 0.1) is 0 Å². The third-order valence-electron chi connectivity index (χ3n) is 2.98. The Morgan fingerprint density at radius 1 is 1.17 bits per heavy atom. The van der Waals surface area contributed by atoms with Gasteiger partial charge in [-0.3, -0.25) is 0 Å². The largest absolute Gasteiger partial charge is 0.421 e. The Hall–Kier alpha value is -1.58. The fraction of sp³-hybridized carbons (Fsp3) is 0.571. The third-order valence-corrected chi connectivity index (χ3v) is 2.98. The van der Waals surface area contributed by atoms with Crippen molar-refractivity contribution in [3.63, 3.8) is 0 Å². The van der Waals surface area contributed by atoms with Crippen LogP contribution in [0.4, 0.5) is 0 Å². The second-order valence-corrected chi connectivity index (χ2v) is 4.37. The highest BCUT2D eigenvalue weighted by molar-refractivity contribution is 5.83. The van der Waals surface area contributed by atoms with Crippen molar-refractivity contribution in [3.05, 3.63) is 25.3 Å². The molecule has 0 N–H and O–H groups in total. The summed E-state index contributed by atoms with van der Waals surface area (Å²) in [5.74, 6) is -1.21. The fourth-order valence-electron chi connectivity index (χ4n) is 1.65. The Balaban J connectivity index is 5.02. The van der Waals surface area contributed by atoms with Crippen LogP contribution in [0.15, 0.2) is 25.3 Å². The van der Waals surface area contributed by atoms with Gasteiger partial charge in [-0.15, -0.1) is 0 Å². The molecule has 0 aliphatic rings. The van der Waals surface area contributed by atoms with Crippen LogP contribution in [0.25, 0.3) is 0 Å². The number of esters is 2. The summed E-state index contributed by atoms with van der Waals surface area (Å²) in [5, 5.41) is 0. The van der Waals surface area contributed by atoms with E-state index in [4.69, 9.17) is 9.47 Å². The van der Waals surface area contributed by atoms with E-state index >= 15 is 0 Å². The van der Waals surface area contributed by atoms with Crippen LogP contribution in [0.3, 0.4) is 0 Å². The minimum absolute atomic E-state index is 0.411. The van der Waals surface area contributed by atoms with Crippen molar-refractivity contribution in [1.82, 2.24) is 0 Å². The van der Waals surface area contributed by atoms with E-state index in [0.717, 1.165) is 31.4 Å². The average molecular weight is 254 g/mol. The minimum Gasteiger partial charge on any atom is -0.421 e. The maximum Gasteiger partial charge on any atom is 0.333 e. The number of carbonyl (C=O) groups is 2. The average Bonchev–Trinajstić information content (AvgIpc) is 2.37. The summed E-state index contributed by atoms with van der Waals surface area (Å²) < 4.78 is 10.3. The summed E-state index contributed by atoms with van der Waals surface area (Å²) >= 11 is 0. The first kappa shape index (κ1) is 16.4. The SMILES string of the molecule is C=CC(=O)OC(OC(=O)C=C)C(C)(CC)CCC. The first-order chi connectivity index (χ1) is 8.43. The van der Waals surface area contributed by atoms with Crippen molar-refractivity contribution in [2.45, 2.75) is 46.3 Å². The molecule has 1 atom stereocenters. The van der Waals surface area contributed by atoms with Crippen molar-refractivity contribution in [1.29, 1.82) is 0 Å². The van der Waals surface area contributed by atoms with E-state index in [1.807, 2.05) is 20.8 Å². The molecule has 18 heavy (non-hydrogen) atoms. The molecule has 1 unspecified atom stereocenters. The molecule has 0 spiro atoms. The lowest BCUT2D eigenvalue weighted by Gasteiger charge is -2.34. The molecule has 0 aliphatic carbocycles. The lowest BCUT2D eigenvalue weighted by molar-refractivity contribution is -0.206. The van der Waals surface area contributed by atoms with Crippen molar-refractivity contribution in [2.75, 3.05) is 0 Å². The number of carbonyl (C=O) groups excluding carboxylic acids is 2. The molecular formula is C14H22O4. The van der Waals surface area contributed by atoms with Gasteiger partial charge in [0.15, 0.2) is 0 Å². The maximum absolute atomic E-state index is 11.3. The van der Waals surface area contributed by atoms with Crippen LogP contribution in [-0.2, 0) is 19.1 Å². The van der Waals surface area contributed by atoms with Crippen LogP contribution >= 0.6 is 0 Å². The number of rotatable bonds is 8. The highest BCUT2D eigenvalue weighted by Gasteiger charge is 2.37. The number of ether oxygens (including phenoxy) is 2. The van der Waals surface area contributed by atoms with E-state index in [9.17, 15) is 9.59 Å². The maximum atomic E-state index is 11.3. The van der Waals surface area contributed by atoms with E-state index in [0.29, 0.717) is 0 Å². The molecule has 0 saturated carbocycles. The monoisotopic (exact) mass is 254 g/mol. The Morgan fingerprint density at radius 3 is 1.89 bits per heavy atom. The van der Waals surface area contributed by atoms with Crippen molar-refractivity contribution in [2.24, 2.45) is 5.41 Å². The van der Waals surface area contributed by atoms with Crippen LogP contribution in [-0.4, -0.2) is 18.2 Å². The van der Waals surface area contributed by atoms with E-state index in [1.54, 1.807) is 0 Å². The van der Waals surface area contributed by atoms with Crippen molar-refractivity contribution < 1.29 is 19.1 Å². The van der Waals surface area contributed by atoms with Gasteiger partial charge in [0.1, 0.15) is 0 Å². The topological polar surface area (TPSA) is 52.6 Å². The highest BCUT2D eigenvalue weighted by atomic mass is 16.7. The summed E-state index contributed by atoms with van der Waals surface area (Å²) in [6.45, 7) is 12.6. The highest BCUT2D eigenvalue weighted by Crippen LogP contribution is 2.34. The smallest absolute Gasteiger partial charge is 0.333 e. The molecule has 0 radical (unpaired) electrons. The molecule has 0 fully saturated rings. The Labute approximate surface area is 109 Å². The van der Waals surface area contributed by atoms with Gasteiger partial charge in [-0.25, -0.2) is 9.59 Å². The number of hydrogen-bond donors (Lipinski definition) is 0. The van der Waals surface area contributed by atoms with E-state index in [-0.39, 0.29) is 0 Å². The molecule has 0 heterocycles. The lowest BCUT2D eigenvalue weighted by Crippen LogP contribution is -2.39. The Bertz CT molecular complexity index is 300.